The van der Waals surface area contributed by atoms with Gasteiger partial charge in [-0.2, -0.15) is 0 Å². The van der Waals surface area contributed by atoms with Crippen molar-refractivity contribution in [2.45, 2.75) is 12.3 Å². The van der Waals surface area contributed by atoms with E-state index in [1.165, 1.54) is 0 Å². The Morgan fingerprint density at radius 2 is 2.20 bits per heavy atom. The molecule has 1 aliphatic carbocycles. The summed E-state index contributed by atoms with van der Waals surface area (Å²) in [6, 6.07) is 5.59. The second kappa shape index (κ2) is 3.95. The van der Waals surface area contributed by atoms with Crippen LogP contribution in [-0.2, 0) is 0 Å². The summed E-state index contributed by atoms with van der Waals surface area (Å²) in [6.07, 6.45) is 0.889. The minimum absolute atomic E-state index is 0.108. The number of hydrogen-bond donors (Lipinski definition) is 2. The van der Waals surface area contributed by atoms with Gasteiger partial charge in [0.15, 0.2) is 0 Å². The van der Waals surface area contributed by atoms with Gasteiger partial charge in [0.2, 0.25) is 0 Å². The lowest BCUT2D eigenvalue weighted by Gasteiger charge is -2.12. The van der Waals surface area contributed by atoms with Crippen molar-refractivity contribution in [2.75, 3.05) is 13.2 Å². The van der Waals surface area contributed by atoms with Crippen molar-refractivity contribution in [3.05, 3.63) is 33.8 Å². The van der Waals surface area contributed by atoms with E-state index in [4.69, 9.17) is 28.9 Å². The first-order valence-corrected chi connectivity index (χ1v) is 5.65. The lowest BCUT2D eigenvalue weighted by atomic mass is 10.00. The summed E-state index contributed by atoms with van der Waals surface area (Å²) in [5, 5.41) is 10.4. The highest BCUT2D eigenvalue weighted by molar-refractivity contribution is 6.42. The summed E-state index contributed by atoms with van der Waals surface area (Å²) in [6.45, 7) is 0.591. The third kappa shape index (κ3) is 1.76. The van der Waals surface area contributed by atoms with E-state index in [1.807, 2.05) is 12.1 Å². The molecule has 1 fully saturated rings. The Labute approximate surface area is 99.0 Å². The highest BCUT2D eigenvalue weighted by Gasteiger charge is 2.54. The second-order valence-corrected chi connectivity index (χ2v) is 4.91. The molecule has 1 aromatic rings. The highest BCUT2D eigenvalue weighted by atomic mass is 35.5. The molecule has 0 bridgehead atoms. The van der Waals surface area contributed by atoms with Crippen LogP contribution in [-0.4, -0.2) is 18.3 Å². The molecule has 0 unspecified atom stereocenters. The zero-order chi connectivity index (χ0) is 11.1. The van der Waals surface area contributed by atoms with Gasteiger partial charge in [0.1, 0.15) is 0 Å². The van der Waals surface area contributed by atoms with Gasteiger partial charge in [0.05, 0.1) is 16.7 Å². The molecule has 4 heteroatoms. The Morgan fingerprint density at radius 1 is 1.47 bits per heavy atom. The molecule has 0 amide bonds. The van der Waals surface area contributed by atoms with E-state index < -0.39 is 0 Å². The number of halogens is 2. The quantitative estimate of drug-likeness (QED) is 0.860. The number of hydrogen-bond acceptors (Lipinski definition) is 2. The van der Waals surface area contributed by atoms with Crippen molar-refractivity contribution in [1.82, 2.24) is 0 Å². The van der Waals surface area contributed by atoms with Crippen molar-refractivity contribution in [3.8, 4) is 0 Å². The third-order valence-electron chi connectivity index (χ3n) is 3.27. The van der Waals surface area contributed by atoms with E-state index >= 15 is 0 Å². The van der Waals surface area contributed by atoms with E-state index in [2.05, 4.69) is 0 Å². The van der Waals surface area contributed by atoms with E-state index in [-0.39, 0.29) is 17.9 Å². The monoisotopic (exact) mass is 245 g/mol. The fourth-order valence-corrected chi connectivity index (χ4v) is 2.48. The molecule has 2 rings (SSSR count). The molecule has 0 radical (unpaired) electrons. The summed E-state index contributed by atoms with van der Waals surface area (Å²) < 4.78 is 0. The van der Waals surface area contributed by atoms with Crippen LogP contribution in [0.25, 0.3) is 0 Å². The average Bonchev–Trinajstić information content (AvgIpc) is 2.97. The smallest absolute Gasteiger partial charge is 0.0627 e. The lowest BCUT2D eigenvalue weighted by Crippen LogP contribution is -2.21. The number of nitrogens with two attached hydrogens (primary N) is 1. The molecule has 1 aromatic carbocycles. The maximum absolute atomic E-state index is 9.29. The third-order valence-corrected chi connectivity index (χ3v) is 4.10. The van der Waals surface area contributed by atoms with Crippen molar-refractivity contribution in [3.63, 3.8) is 0 Å². The molecule has 0 saturated heterocycles. The van der Waals surface area contributed by atoms with Crippen LogP contribution < -0.4 is 5.73 Å². The van der Waals surface area contributed by atoms with Gasteiger partial charge in [-0.3, -0.25) is 0 Å². The zero-order valence-corrected chi connectivity index (χ0v) is 9.72. The van der Waals surface area contributed by atoms with Gasteiger partial charge in [-0.1, -0.05) is 35.3 Å². The van der Waals surface area contributed by atoms with E-state index in [1.54, 1.807) is 6.07 Å². The van der Waals surface area contributed by atoms with Crippen LogP contribution >= 0.6 is 23.2 Å². The molecule has 3 N–H and O–H groups in total. The number of benzene rings is 1. The Hall–Kier alpha value is -0.280. The van der Waals surface area contributed by atoms with Gasteiger partial charge in [0, 0.05) is 12.0 Å². The first-order chi connectivity index (χ1) is 7.14. The first kappa shape index (κ1) is 11.2. The van der Waals surface area contributed by atoms with Crippen LogP contribution in [0.3, 0.4) is 0 Å². The second-order valence-electron chi connectivity index (χ2n) is 4.12. The van der Waals surface area contributed by atoms with Crippen molar-refractivity contribution >= 4 is 23.2 Å². The summed E-state index contributed by atoms with van der Waals surface area (Å²) >= 11 is 12.1. The lowest BCUT2D eigenvalue weighted by molar-refractivity contribution is 0.211. The first-order valence-electron chi connectivity index (χ1n) is 4.89. The van der Waals surface area contributed by atoms with Crippen molar-refractivity contribution in [1.29, 1.82) is 0 Å². The number of aliphatic hydroxyl groups is 1. The topological polar surface area (TPSA) is 46.2 Å². The van der Waals surface area contributed by atoms with Gasteiger partial charge < -0.3 is 10.8 Å². The minimum Gasteiger partial charge on any atom is -0.396 e. The molecule has 15 heavy (non-hydrogen) atoms. The molecule has 0 heterocycles. The van der Waals surface area contributed by atoms with Gasteiger partial charge in [-0.05, 0) is 24.0 Å². The molecule has 1 saturated carbocycles. The maximum atomic E-state index is 9.29. The number of rotatable bonds is 3. The summed E-state index contributed by atoms with van der Waals surface area (Å²) in [4.78, 5) is 0. The maximum Gasteiger partial charge on any atom is 0.0627 e. The normalized spacial score (nSPS) is 29.2. The minimum atomic E-state index is -0.172. The standard InChI is InChI=1S/C11H13Cl2NO/c12-9-3-1-2-7(10(9)13)8-4-11(8,5-14)6-15/h1-3,8,15H,4-6,14H2/t8-,11+/m0/s1. The summed E-state index contributed by atoms with van der Waals surface area (Å²) in [7, 11) is 0. The fourth-order valence-electron chi connectivity index (χ4n) is 2.04. The fraction of sp³-hybridized carbons (Fsp3) is 0.455. The molecule has 2 nitrogen and oxygen atoms in total. The predicted molar refractivity (Wildman–Crippen MR) is 62.4 cm³/mol. The molecule has 0 aromatic heterocycles. The molecule has 82 valence electrons. The highest BCUT2D eigenvalue weighted by Crippen LogP contribution is 2.59. The van der Waals surface area contributed by atoms with Gasteiger partial charge in [-0.15, -0.1) is 0 Å². The van der Waals surface area contributed by atoms with Crippen molar-refractivity contribution < 1.29 is 5.11 Å². The average molecular weight is 246 g/mol. The SMILES string of the molecule is NC[C@@]1(CO)C[C@H]1c1cccc(Cl)c1Cl. The Bertz CT molecular complexity index is 377. The molecule has 0 spiro atoms. The molecular weight excluding hydrogens is 233 g/mol. The molecular formula is C11H13Cl2NO. The van der Waals surface area contributed by atoms with Gasteiger partial charge >= 0.3 is 0 Å². The van der Waals surface area contributed by atoms with Crippen LogP contribution in [0.1, 0.15) is 17.9 Å². The van der Waals surface area contributed by atoms with E-state index in [0.29, 0.717) is 16.6 Å². The van der Waals surface area contributed by atoms with E-state index in [0.717, 1.165) is 12.0 Å². The van der Waals surface area contributed by atoms with Crippen LogP contribution in [0.15, 0.2) is 18.2 Å². The largest absolute Gasteiger partial charge is 0.396 e. The van der Waals surface area contributed by atoms with Gasteiger partial charge in [-0.25, -0.2) is 0 Å². The Morgan fingerprint density at radius 3 is 2.73 bits per heavy atom. The van der Waals surface area contributed by atoms with Crippen LogP contribution in [0.4, 0.5) is 0 Å². The van der Waals surface area contributed by atoms with Crippen LogP contribution in [0.5, 0.6) is 0 Å². The molecule has 2 atom stereocenters. The summed E-state index contributed by atoms with van der Waals surface area (Å²) in [5.74, 6) is 0.249. The zero-order valence-electron chi connectivity index (χ0n) is 8.21. The molecule has 0 aliphatic heterocycles. The Balaban J connectivity index is 2.30. The Kier molecular flexibility index (Phi) is 2.95. The van der Waals surface area contributed by atoms with Crippen LogP contribution in [0.2, 0.25) is 10.0 Å². The van der Waals surface area contributed by atoms with E-state index in [9.17, 15) is 5.11 Å². The van der Waals surface area contributed by atoms with Crippen molar-refractivity contribution in [2.24, 2.45) is 11.1 Å². The van der Waals surface area contributed by atoms with Crippen LogP contribution in [0, 0.1) is 5.41 Å². The van der Waals surface area contributed by atoms with Gasteiger partial charge in [0.25, 0.3) is 0 Å². The predicted octanol–water partition coefficient (Wildman–Crippen LogP) is 2.42. The summed E-state index contributed by atoms with van der Waals surface area (Å²) in [5.41, 5.74) is 6.49. The molecule has 1 aliphatic rings. The number of aliphatic hydroxyl groups excluding tert-OH is 1.